The van der Waals surface area contributed by atoms with Crippen LogP contribution in [0.1, 0.15) is 22.9 Å². The Balaban J connectivity index is 2.22. The van der Waals surface area contributed by atoms with Crippen molar-refractivity contribution >= 4 is 0 Å². The SMILES string of the molecule is CNC(Cc1ccccn1)c1ccc(OC)cc1C. The molecule has 0 fully saturated rings. The number of hydrogen-bond donors (Lipinski definition) is 1. The minimum atomic E-state index is 0.265. The predicted molar refractivity (Wildman–Crippen MR) is 77.5 cm³/mol. The Labute approximate surface area is 114 Å². The highest BCUT2D eigenvalue weighted by molar-refractivity contribution is 5.37. The number of aryl methyl sites for hydroxylation is 1. The molecule has 0 saturated heterocycles. The number of methoxy groups -OCH3 is 1. The molecule has 0 saturated carbocycles. The summed E-state index contributed by atoms with van der Waals surface area (Å²) in [4.78, 5) is 4.39. The zero-order valence-electron chi connectivity index (χ0n) is 11.7. The Morgan fingerprint density at radius 3 is 2.68 bits per heavy atom. The van der Waals surface area contributed by atoms with Crippen molar-refractivity contribution in [3.8, 4) is 5.75 Å². The molecule has 1 N–H and O–H groups in total. The van der Waals surface area contributed by atoms with E-state index in [0.29, 0.717) is 0 Å². The Bertz CT molecular complexity index is 526. The van der Waals surface area contributed by atoms with E-state index in [1.165, 1.54) is 11.1 Å². The summed E-state index contributed by atoms with van der Waals surface area (Å²) in [6, 6.07) is 12.5. The van der Waals surface area contributed by atoms with Crippen LogP contribution in [0.5, 0.6) is 5.75 Å². The highest BCUT2D eigenvalue weighted by Gasteiger charge is 2.13. The van der Waals surface area contributed by atoms with Gasteiger partial charge in [-0.25, -0.2) is 0 Å². The maximum absolute atomic E-state index is 5.25. The number of likely N-dealkylation sites (N-methyl/N-ethyl adjacent to an activating group) is 1. The zero-order chi connectivity index (χ0) is 13.7. The summed E-state index contributed by atoms with van der Waals surface area (Å²) in [6.07, 6.45) is 2.72. The molecule has 100 valence electrons. The Kier molecular flexibility index (Phi) is 4.53. The van der Waals surface area contributed by atoms with Gasteiger partial charge in [0.15, 0.2) is 0 Å². The topological polar surface area (TPSA) is 34.2 Å². The summed E-state index contributed by atoms with van der Waals surface area (Å²) in [6.45, 7) is 2.11. The van der Waals surface area contributed by atoms with Gasteiger partial charge in [0.05, 0.1) is 7.11 Å². The number of hydrogen-bond acceptors (Lipinski definition) is 3. The standard InChI is InChI=1S/C16H20N2O/c1-12-10-14(19-3)7-8-15(12)16(17-2)11-13-6-4-5-9-18-13/h4-10,16-17H,11H2,1-3H3. The van der Waals surface area contributed by atoms with E-state index in [4.69, 9.17) is 4.74 Å². The first-order valence-corrected chi connectivity index (χ1v) is 6.46. The number of rotatable bonds is 5. The van der Waals surface area contributed by atoms with E-state index in [-0.39, 0.29) is 6.04 Å². The van der Waals surface area contributed by atoms with Crippen LogP contribution >= 0.6 is 0 Å². The van der Waals surface area contributed by atoms with Crippen molar-refractivity contribution in [1.82, 2.24) is 10.3 Å². The molecule has 1 aromatic carbocycles. The summed E-state index contributed by atoms with van der Waals surface area (Å²) in [7, 11) is 3.68. The van der Waals surface area contributed by atoms with E-state index >= 15 is 0 Å². The molecule has 3 nitrogen and oxygen atoms in total. The quantitative estimate of drug-likeness (QED) is 0.893. The normalized spacial score (nSPS) is 12.2. The lowest BCUT2D eigenvalue weighted by Crippen LogP contribution is -2.20. The molecule has 1 aromatic heterocycles. The van der Waals surface area contributed by atoms with E-state index in [1.54, 1.807) is 7.11 Å². The zero-order valence-corrected chi connectivity index (χ0v) is 11.7. The first-order valence-electron chi connectivity index (χ1n) is 6.46. The van der Waals surface area contributed by atoms with Gasteiger partial charge in [-0.05, 0) is 49.4 Å². The van der Waals surface area contributed by atoms with Crippen LogP contribution in [-0.2, 0) is 6.42 Å². The third-order valence-corrected chi connectivity index (χ3v) is 3.34. The average molecular weight is 256 g/mol. The van der Waals surface area contributed by atoms with Crippen LogP contribution in [-0.4, -0.2) is 19.1 Å². The van der Waals surface area contributed by atoms with Crippen molar-refractivity contribution in [2.24, 2.45) is 0 Å². The molecule has 0 aliphatic carbocycles. The van der Waals surface area contributed by atoms with Gasteiger partial charge in [0.2, 0.25) is 0 Å². The molecule has 0 aliphatic heterocycles. The van der Waals surface area contributed by atoms with Crippen molar-refractivity contribution in [1.29, 1.82) is 0 Å². The van der Waals surface area contributed by atoms with Gasteiger partial charge in [0, 0.05) is 24.4 Å². The second kappa shape index (κ2) is 6.34. The number of pyridine rings is 1. The molecule has 0 aliphatic rings. The lowest BCUT2D eigenvalue weighted by molar-refractivity contribution is 0.414. The van der Waals surface area contributed by atoms with Crippen LogP contribution in [0.3, 0.4) is 0 Å². The largest absolute Gasteiger partial charge is 0.497 e. The molecule has 1 unspecified atom stereocenters. The van der Waals surface area contributed by atoms with Gasteiger partial charge in [-0.3, -0.25) is 4.98 Å². The summed E-state index contributed by atoms with van der Waals surface area (Å²) >= 11 is 0. The number of aromatic nitrogens is 1. The van der Waals surface area contributed by atoms with Gasteiger partial charge in [-0.15, -0.1) is 0 Å². The van der Waals surface area contributed by atoms with E-state index < -0.39 is 0 Å². The van der Waals surface area contributed by atoms with Gasteiger partial charge < -0.3 is 10.1 Å². The van der Waals surface area contributed by atoms with Gasteiger partial charge >= 0.3 is 0 Å². The smallest absolute Gasteiger partial charge is 0.119 e. The van der Waals surface area contributed by atoms with Gasteiger partial charge in [0.1, 0.15) is 5.75 Å². The fraction of sp³-hybridized carbons (Fsp3) is 0.312. The Morgan fingerprint density at radius 1 is 1.26 bits per heavy atom. The van der Waals surface area contributed by atoms with Crippen molar-refractivity contribution in [2.45, 2.75) is 19.4 Å². The molecule has 0 radical (unpaired) electrons. The monoisotopic (exact) mass is 256 g/mol. The van der Waals surface area contributed by atoms with E-state index in [2.05, 4.69) is 35.4 Å². The number of nitrogens with zero attached hydrogens (tertiary/aromatic N) is 1. The molecular weight excluding hydrogens is 236 g/mol. The minimum Gasteiger partial charge on any atom is -0.497 e. The van der Waals surface area contributed by atoms with Crippen molar-refractivity contribution < 1.29 is 4.74 Å². The van der Waals surface area contributed by atoms with Gasteiger partial charge in [0.25, 0.3) is 0 Å². The number of ether oxygens (including phenoxy) is 1. The second-order valence-electron chi connectivity index (χ2n) is 4.59. The third-order valence-electron chi connectivity index (χ3n) is 3.34. The average Bonchev–Trinajstić information content (AvgIpc) is 2.46. The van der Waals surface area contributed by atoms with E-state index in [1.807, 2.05) is 31.4 Å². The number of benzene rings is 1. The van der Waals surface area contributed by atoms with Crippen molar-refractivity contribution in [3.05, 3.63) is 59.4 Å². The van der Waals surface area contributed by atoms with E-state index in [9.17, 15) is 0 Å². The summed E-state index contributed by atoms with van der Waals surface area (Å²) in [5.41, 5.74) is 3.61. The summed E-state index contributed by atoms with van der Waals surface area (Å²) < 4.78 is 5.25. The Morgan fingerprint density at radius 2 is 2.11 bits per heavy atom. The van der Waals surface area contributed by atoms with Crippen LogP contribution in [0, 0.1) is 6.92 Å². The summed E-state index contributed by atoms with van der Waals surface area (Å²) in [5.74, 6) is 0.897. The lowest BCUT2D eigenvalue weighted by atomic mass is 9.97. The fourth-order valence-corrected chi connectivity index (χ4v) is 2.26. The number of nitrogens with one attached hydrogen (secondary N) is 1. The molecule has 0 bridgehead atoms. The molecule has 2 aromatic rings. The van der Waals surface area contributed by atoms with Crippen LogP contribution in [0.15, 0.2) is 42.6 Å². The van der Waals surface area contributed by atoms with Crippen molar-refractivity contribution in [3.63, 3.8) is 0 Å². The highest BCUT2D eigenvalue weighted by Crippen LogP contribution is 2.24. The maximum Gasteiger partial charge on any atom is 0.119 e. The molecule has 0 spiro atoms. The third kappa shape index (κ3) is 3.32. The van der Waals surface area contributed by atoms with Crippen LogP contribution in [0.4, 0.5) is 0 Å². The summed E-state index contributed by atoms with van der Waals surface area (Å²) in [5, 5.41) is 3.36. The maximum atomic E-state index is 5.25. The lowest BCUT2D eigenvalue weighted by Gasteiger charge is -2.19. The molecule has 1 heterocycles. The Hall–Kier alpha value is -1.87. The second-order valence-corrected chi connectivity index (χ2v) is 4.59. The first kappa shape index (κ1) is 13.6. The fourth-order valence-electron chi connectivity index (χ4n) is 2.26. The molecular formula is C16H20N2O. The van der Waals surface area contributed by atoms with Crippen LogP contribution in [0.25, 0.3) is 0 Å². The minimum absolute atomic E-state index is 0.265. The van der Waals surface area contributed by atoms with Crippen LogP contribution < -0.4 is 10.1 Å². The molecule has 1 atom stereocenters. The molecule has 19 heavy (non-hydrogen) atoms. The van der Waals surface area contributed by atoms with Crippen LogP contribution in [0.2, 0.25) is 0 Å². The van der Waals surface area contributed by atoms with Gasteiger partial charge in [-0.1, -0.05) is 12.1 Å². The van der Waals surface area contributed by atoms with E-state index in [0.717, 1.165) is 17.9 Å². The first-order chi connectivity index (χ1) is 9.24. The van der Waals surface area contributed by atoms with Crippen molar-refractivity contribution in [2.75, 3.05) is 14.2 Å². The van der Waals surface area contributed by atoms with Gasteiger partial charge in [-0.2, -0.15) is 0 Å². The highest BCUT2D eigenvalue weighted by atomic mass is 16.5. The molecule has 3 heteroatoms. The predicted octanol–water partition coefficient (Wildman–Crippen LogP) is 2.90. The molecule has 0 amide bonds. The molecule has 2 rings (SSSR count).